The molecule has 0 amide bonds. The van der Waals surface area contributed by atoms with Crippen LogP contribution >= 0.6 is 11.8 Å². The van der Waals surface area contributed by atoms with Gasteiger partial charge in [0.1, 0.15) is 5.75 Å². The van der Waals surface area contributed by atoms with E-state index >= 15 is 0 Å². The predicted octanol–water partition coefficient (Wildman–Crippen LogP) is 4.28. The molecule has 0 aliphatic carbocycles. The summed E-state index contributed by atoms with van der Waals surface area (Å²) in [6, 6.07) is 15.7. The van der Waals surface area contributed by atoms with Gasteiger partial charge in [-0.2, -0.15) is 0 Å². The van der Waals surface area contributed by atoms with E-state index in [0.29, 0.717) is 5.75 Å². The number of hydrogen-bond acceptors (Lipinski definition) is 4. The topological polar surface area (TPSA) is 47.3 Å². The Bertz CT molecular complexity index is 816. The Morgan fingerprint density at radius 3 is 2.83 bits per heavy atom. The highest BCUT2D eigenvalue weighted by molar-refractivity contribution is 7.99. The zero-order chi connectivity index (χ0) is 16.9. The molecule has 1 unspecified atom stereocenters. The highest BCUT2D eigenvalue weighted by Crippen LogP contribution is 2.29. The van der Waals surface area contributed by atoms with Crippen molar-refractivity contribution in [1.82, 2.24) is 9.55 Å². The van der Waals surface area contributed by atoms with Crippen LogP contribution in [0.25, 0.3) is 11.0 Å². The lowest BCUT2D eigenvalue weighted by atomic mass is 10.1. The number of aromatic nitrogens is 2. The lowest BCUT2D eigenvalue weighted by molar-refractivity contribution is 0.203. The van der Waals surface area contributed by atoms with E-state index < -0.39 is 6.10 Å². The number of fused-ring (bicyclic) bond motifs is 1. The Balaban J connectivity index is 1.78. The standard InChI is InChI=1S/C19H22N2O2S/c1-3-11-21-17-10-5-4-9-16(17)20-19(21)24-13-18(22)14-7-6-8-15(12-14)23-2/h4-10,12,18,22H,3,11,13H2,1-2H3. The van der Waals surface area contributed by atoms with Crippen LogP contribution in [0.1, 0.15) is 25.0 Å². The van der Waals surface area contributed by atoms with Gasteiger partial charge in [-0.3, -0.25) is 0 Å². The van der Waals surface area contributed by atoms with Crippen molar-refractivity contribution in [3.63, 3.8) is 0 Å². The van der Waals surface area contributed by atoms with Crippen LogP contribution in [0, 0.1) is 0 Å². The quantitative estimate of drug-likeness (QED) is 0.651. The molecule has 4 nitrogen and oxygen atoms in total. The number of methoxy groups -OCH3 is 1. The van der Waals surface area contributed by atoms with E-state index in [1.165, 1.54) is 0 Å². The average Bonchev–Trinajstić information content (AvgIpc) is 2.98. The molecular formula is C19H22N2O2S. The van der Waals surface area contributed by atoms with Gasteiger partial charge < -0.3 is 14.4 Å². The van der Waals surface area contributed by atoms with Crippen molar-refractivity contribution >= 4 is 22.8 Å². The number of aliphatic hydroxyl groups excluding tert-OH is 1. The van der Waals surface area contributed by atoms with Gasteiger partial charge in [0.15, 0.2) is 5.16 Å². The molecular weight excluding hydrogens is 320 g/mol. The van der Waals surface area contributed by atoms with E-state index in [9.17, 15) is 5.11 Å². The number of rotatable bonds is 7. The maximum Gasteiger partial charge on any atom is 0.169 e. The molecule has 126 valence electrons. The van der Waals surface area contributed by atoms with Gasteiger partial charge in [-0.25, -0.2) is 4.98 Å². The zero-order valence-electron chi connectivity index (χ0n) is 14.0. The highest BCUT2D eigenvalue weighted by Gasteiger charge is 2.14. The lowest BCUT2D eigenvalue weighted by Gasteiger charge is -2.12. The van der Waals surface area contributed by atoms with Crippen molar-refractivity contribution in [3.05, 3.63) is 54.1 Å². The maximum absolute atomic E-state index is 10.5. The Morgan fingerprint density at radius 1 is 1.21 bits per heavy atom. The summed E-state index contributed by atoms with van der Waals surface area (Å²) >= 11 is 1.59. The highest BCUT2D eigenvalue weighted by atomic mass is 32.2. The first-order chi connectivity index (χ1) is 11.7. The molecule has 2 aromatic carbocycles. The number of thioether (sulfide) groups is 1. The predicted molar refractivity (Wildman–Crippen MR) is 98.7 cm³/mol. The molecule has 1 aromatic heterocycles. The number of nitrogens with zero attached hydrogens (tertiary/aromatic N) is 2. The second-order valence-electron chi connectivity index (χ2n) is 5.64. The fourth-order valence-corrected chi connectivity index (χ4v) is 3.71. The smallest absolute Gasteiger partial charge is 0.169 e. The summed E-state index contributed by atoms with van der Waals surface area (Å²) in [6.07, 6.45) is 0.492. The summed E-state index contributed by atoms with van der Waals surface area (Å²) in [6.45, 7) is 3.09. The molecule has 0 aliphatic heterocycles. The summed E-state index contributed by atoms with van der Waals surface area (Å²) in [4.78, 5) is 4.72. The molecule has 0 bridgehead atoms. The van der Waals surface area contributed by atoms with Gasteiger partial charge in [0.05, 0.1) is 24.2 Å². The van der Waals surface area contributed by atoms with Gasteiger partial charge in [-0.15, -0.1) is 0 Å². The third-order valence-electron chi connectivity index (χ3n) is 3.92. The van der Waals surface area contributed by atoms with Gasteiger partial charge in [0, 0.05) is 12.3 Å². The van der Waals surface area contributed by atoms with Gasteiger partial charge in [0.2, 0.25) is 0 Å². The molecule has 1 heterocycles. The number of aliphatic hydroxyl groups is 1. The molecule has 0 radical (unpaired) electrons. The lowest BCUT2D eigenvalue weighted by Crippen LogP contribution is -2.04. The van der Waals surface area contributed by atoms with Crippen LogP contribution in [0.4, 0.5) is 0 Å². The fourth-order valence-electron chi connectivity index (χ4n) is 2.70. The normalized spacial score (nSPS) is 12.5. The molecule has 0 fully saturated rings. The minimum Gasteiger partial charge on any atom is -0.497 e. The third kappa shape index (κ3) is 3.57. The van der Waals surface area contributed by atoms with E-state index in [1.807, 2.05) is 42.5 Å². The van der Waals surface area contributed by atoms with Crippen molar-refractivity contribution in [3.8, 4) is 5.75 Å². The van der Waals surface area contributed by atoms with Crippen molar-refractivity contribution in [2.24, 2.45) is 0 Å². The van der Waals surface area contributed by atoms with Crippen molar-refractivity contribution in [2.75, 3.05) is 12.9 Å². The minimum absolute atomic E-state index is 0.556. The summed E-state index contributed by atoms with van der Waals surface area (Å²) < 4.78 is 7.46. The number of imidazole rings is 1. The number of ether oxygens (including phenoxy) is 1. The van der Waals surface area contributed by atoms with Crippen LogP contribution in [0.2, 0.25) is 0 Å². The largest absolute Gasteiger partial charge is 0.497 e. The van der Waals surface area contributed by atoms with E-state index in [1.54, 1.807) is 18.9 Å². The Kier molecular flexibility index (Phi) is 5.43. The Labute approximate surface area is 146 Å². The maximum atomic E-state index is 10.5. The number of hydrogen-bond donors (Lipinski definition) is 1. The van der Waals surface area contributed by atoms with Crippen molar-refractivity contribution < 1.29 is 9.84 Å². The third-order valence-corrected chi connectivity index (χ3v) is 4.97. The zero-order valence-corrected chi connectivity index (χ0v) is 14.8. The van der Waals surface area contributed by atoms with E-state index in [0.717, 1.165) is 40.5 Å². The van der Waals surface area contributed by atoms with Crippen molar-refractivity contribution in [1.29, 1.82) is 0 Å². The second kappa shape index (κ2) is 7.73. The number of aryl methyl sites for hydroxylation is 1. The molecule has 0 aliphatic rings. The first-order valence-electron chi connectivity index (χ1n) is 8.13. The molecule has 5 heteroatoms. The first kappa shape index (κ1) is 16.9. The van der Waals surface area contributed by atoms with Crippen LogP contribution in [0.3, 0.4) is 0 Å². The van der Waals surface area contributed by atoms with Gasteiger partial charge in [0.25, 0.3) is 0 Å². The molecule has 24 heavy (non-hydrogen) atoms. The molecule has 0 saturated carbocycles. The van der Waals surface area contributed by atoms with Gasteiger partial charge in [-0.05, 0) is 36.2 Å². The summed E-state index contributed by atoms with van der Waals surface area (Å²) in [5, 5.41) is 11.4. The van der Waals surface area contributed by atoms with Crippen molar-refractivity contribution in [2.45, 2.75) is 31.1 Å². The van der Waals surface area contributed by atoms with Gasteiger partial charge >= 0.3 is 0 Å². The number of para-hydroxylation sites is 2. The summed E-state index contributed by atoms with van der Waals surface area (Å²) in [7, 11) is 1.63. The van der Waals surface area contributed by atoms with Crippen LogP contribution in [-0.2, 0) is 6.54 Å². The molecule has 3 rings (SSSR count). The summed E-state index contributed by atoms with van der Waals surface area (Å²) in [5.74, 6) is 1.31. The SMILES string of the molecule is CCCn1c(SCC(O)c2cccc(OC)c2)nc2ccccc21. The molecule has 0 spiro atoms. The molecule has 1 atom stereocenters. The summed E-state index contributed by atoms with van der Waals surface area (Å²) in [5.41, 5.74) is 3.02. The Hall–Kier alpha value is -1.98. The monoisotopic (exact) mass is 342 g/mol. The van der Waals surface area contributed by atoms with E-state index in [2.05, 4.69) is 17.6 Å². The average molecular weight is 342 g/mol. The fraction of sp³-hybridized carbons (Fsp3) is 0.316. The van der Waals surface area contributed by atoms with Crippen LogP contribution in [0.5, 0.6) is 5.75 Å². The van der Waals surface area contributed by atoms with Gasteiger partial charge in [-0.1, -0.05) is 43.0 Å². The molecule has 1 N–H and O–H groups in total. The number of benzene rings is 2. The second-order valence-corrected chi connectivity index (χ2v) is 6.63. The first-order valence-corrected chi connectivity index (χ1v) is 9.11. The minimum atomic E-state index is -0.556. The molecule has 3 aromatic rings. The van der Waals surface area contributed by atoms with Crippen LogP contribution in [-0.4, -0.2) is 27.5 Å². The van der Waals surface area contributed by atoms with E-state index in [-0.39, 0.29) is 0 Å². The van der Waals surface area contributed by atoms with Crippen LogP contribution < -0.4 is 4.74 Å². The van der Waals surface area contributed by atoms with E-state index in [4.69, 9.17) is 9.72 Å². The Morgan fingerprint density at radius 2 is 2.04 bits per heavy atom. The molecule has 0 saturated heterocycles. The van der Waals surface area contributed by atoms with Crippen LogP contribution in [0.15, 0.2) is 53.7 Å².